The summed E-state index contributed by atoms with van der Waals surface area (Å²) in [5.74, 6) is -0.144. The Kier molecular flexibility index (Phi) is 4.61. The van der Waals surface area contributed by atoms with Crippen molar-refractivity contribution in [2.75, 3.05) is 25.1 Å². The van der Waals surface area contributed by atoms with E-state index in [0.29, 0.717) is 42.3 Å². The zero-order valence-electron chi connectivity index (χ0n) is 11.0. The first-order chi connectivity index (χ1) is 9.61. The van der Waals surface area contributed by atoms with Crippen molar-refractivity contribution in [1.82, 2.24) is 0 Å². The van der Waals surface area contributed by atoms with Crippen molar-refractivity contribution >= 4 is 23.2 Å². The molecule has 0 aliphatic carbocycles. The summed E-state index contributed by atoms with van der Waals surface area (Å²) in [5.41, 5.74) is 6.13. The molecule has 1 heterocycles. The number of carbonyl (C=O) groups is 1. The van der Waals surface area contributed by atoms with Crippen LogP contribution in [0.4, 0.5) is 5.69 Å². The largest absolute Gasteiger partial charge is 0.381 e. The molecule has 106 valence electrons. The van der Waals surface area contributed by atoms with Gasteiger partial charge in [-0.3, -0.25) is 4.79 Å². The lowest BCUT2D eigenvalue weighted by molar-refractivity contribution is -0.130. The average molecular weight is 294 g/mol. The average Bonchev–Trinajstić information content (AvgIpc) is 2.49. The normalized spacial score (nSPS) is 17.2. The molecule has 1 aromatic carbocycles. The number of hydrogen-bond donors (Lipinski definition) is 2. The van der Waals surface area contributed by atoms with Crippen LogP contribution in [0.3, 0.4) is 0 Å². The molecule has 0 saturated carbocycles. The third-order valence-electron chi connectivity index (χ3n) is 3.67. The number of amides is 1. The Hall–Kier alpha value is -1.61. The van der Waals surface area contributed by atoms with Gasteiger partial charge in [0.05, 0.1) is 27.8 Å². The number of rotatable bonds is 3. The van der Waals surface area contributed by atoms with E-state index in [4.69, 9.17) is 27.3 Å². The predicted molar refractivity (Wildman–Crippen MR) is 76.3 cm³/mol. The van der Waals surface area contributed by atoms with Crippen molar-refractivity contribution in [3.63, 3.8) is 0 Å². The second kappa shape index (κ2) is 6.23. The minimum Gasteiger partial charge on any atom is -0.381 e. The van der Waals surface area contributed by atoms with E-state index < -0.39 is 5.41 Å². The van der Waals surface area contributed by atoms with Crippen LogP contribution in [0, 0.1) is 16.7 Å². The number of halogens is 1. The molecule has 0 spiro atoms. The van der Waals surface area contributed by atoms with Crippen molar-refractivity contribution in [2.45, 2.75) is 12.8 Å². The van der Waals surface area contributed by atoms with Gasteiger partial charge >= 0.3 is 0 Å². The molecule has 1 saturated heterocycles. The minimum absolute atomic E-state index is 0.144. The number of carbonyl (C=O) groups excluding carboxylic acids is 1. The Morgan fingerprint density at radius 1 is 1.50 bits per heavy atom. The van der Waals surface area contributed by atoms with Gasteiger partial charge in [0.25, 0.3) is 0 Å². The van der Waals surface area contributed by atoms with Crippen LogP contribution in [0.25, 0.3) is 0 Å². The van der Waals surface area contributed by atoms with Gasteiger partial charge in [-0.25, -0.2) is 0 Å². The van der Waals surface area contributed by atoms with E-state index in [2.05, 4.69) is 5.32 Å². The summed E-state index contributed by atoms with van der Waals surface area (Å²) in [6, 6.07) is 6.76. The quantitative estimate of drug-likeness (QED) is 0.891. The highest BCUT2D eigenvalue weighted by Gasteiger charge is 2.38. The summed E-state index contributed by atoms with van der Waals surface area (Å²) in [6.07, 6.45) is 1.20. The third kappa shape index (κ3) is 2.93. The molecule has 0 unspecified atom stereocenters. The number of ether oxygens (including phenoxy) is 1. The summed E-state index contributed by atoms with van der Waals surface area (Å²) in [6.45, 7) is 1.34. The van der Waals surface area contributed by atoms with Crippen molar-refractivity contribution in [1.29, 1.82) is 5.26 Å². The molecule has 1 aromatic rings. The van der Waals surface area contributed by atoms with Gasteiger partial charge in [0, 0.05) is 19.8 Å². The monoisotopic (exact) mass is 293 g/mol. The van der Waals surface area contributed by atoms with Gasteiger partial charge in [-0.1, -0.05) is 11.6 Å². The zero-order valence-corrected chi connectivity index (χ0v) is 11.7. The first-order valence-electron chi connectivity index (χ1n) is 6.40. The van der Waals surface area contributed by atoms with Crippen LogP contribution in [0.15, 0.2) is 18.2 Å². The number of anilines is 1. The van der Waals surface area contributed by atoms with Crippen molar-refractivity contribution in [2.24, 2.45) is 11.1 Å². The molecule has 5 nitrogen and oxygen atoms in total. The van der Waals surface area contributed by atoms with Gasteiger partial charge in [0.1, 0.15) is 0 Å². The maximum Gasteiger partial charge on any atom is 0.232 e. The molecular formula is C14H16ClN3O2. The van der Waals surface area contributed by atoms with E-state index in [1.54, 1.807) is 12.1 Å². The van der Waals surface area contributed by atoms with E-state index >= 15 is 0 Å². The van der Waals surface area contributed by atoms with E-state index in [0.717, 1.165) is 0 Å². The highest BCUT2D eigenvalue weighted by molar-refractivity contribution is 6.33. The molecule has 3 N–H and O–H groups in total. The molecular weight excluding hydrogens is 278 g/mol. The second-order valence-electron chi connectivity index (χ2n) is 4.86. The highest BCUT2D eigenvalue weighted by atomic mass is 35.5. The fourth-order valence-electron chi connectivity index (χ4n) is 2.23. The van der Waals surface area contributed by atoms with Crippen molar-refractivity contribution in [3.8, 4) is 6.07 Å². The van der Waals surface area contributed by atoms with Gasteiger partial charge in [0.15, 0.2) is 0 Å². The van der Waals surface area contributed by atoms with Crippen LogP contribution >= 0.6 is 11.6 Å². The third-order valence-corrected chi connectivity index (χ3v) is 3.98. The lowest BCUT2D eigenvalue weighted by Crippen LogP contribution is -2.46. The Balaban J connectivity index is 2.16. The van der Waals surface area contributed by atoms with Crippen LogP contribution in [-0.4, -0.2) is 25.7 Å². The number of benzene rings is 1. The summed E-state index contributed by atoms with van der Waals surface area (Å²) < 4.78 is 5.28. The molecule has 1 amide bonds. The number of nitrogens with zero attached hydrogens (tertiary/aromatic N) is 1. The van der Waals surface area contributed by atoms with Crippen LogP contribution < -0.4 is 11.1 Å². The van der Waals surface area contributed by atoms with Crippen LogP contribution in [-0.2, 0) is 9.53 Å². The smallest absolute Gasteiger partial charge is 0.232 e. The second-order valence-corrected chi connectivity index (χ2v) is 5.26. The van der Waals surface area contributed by atoms with Gasteiger partial charge in [-0.15, -0.1) is 0 Å². The number of hydrogen-bond acceptors (Lipinski definition) is 4. The highest BCUT2D eigenvalue weighted by Crippen LogP contribution is 2.32. The Morgan fingerprint density at radius 2 is 2.20 bits per heavy atom. The molecule has 2 rings (SSSR count). The summed E-state index contributed by atoms with van der Waals surface area (Å²) in [5, 5.41) is 11.9. The molecule has 0 bridgehead atoms. The van der Waals surface area contributed by atoms with E-state index in [9.17, 15) is 4.79 Å². The Labute approximate surface area is 122 Å². The molecule has 1 fully saturated rings. The molecule has 0 aromatic heterocycles. The fraction of sp³-hybridized carbons (Fsp3) is 0.429. The first-order valence-corrected chi connectivity index (χ1v) is 6.78. The van der Waals surface area contributed by atoms with E-state index in [1.165, 1.54) is 6.07 Å². The number of nitrogens with two attached hydrogens (primary N) is 1. The van der Waals surface area contributed by atoms with Crippen LogP contribution in [0.5, 0.6) is 0 Å². The fourth-order valence-corrected chi connectivity index (χ4v) is 2.45. The topological polar surface area (TPSA) is 88.1 Å². The van der Waals surface area contributed by atoms with Gasteiger partial charge < -0.3 is 15.8 Å². The van der Waals surface area contributed by atoms with Crippen molar-refractivity contribution in [3.05, 3.63) is 28.8 Å². The molecule has 1 aliphatic heterocycles. The standard InChI is InChI=1S/C14H16ClN3O2/c15-11-7-10(8-16)1-2-12(11)18-13(19)14(9-17)3-5-20-6-4-14/h1-2,7H,3-6,9,17H2,(H,18,19). The first kappa shape index (κ1) is 14.8. The predicted octanol–water partition coefficient (Wildman–Crippen LogP) is 1.91. The van der Waals surface area contributed by atoms with Crippen LogP contribution in [0.2, 0.25) is 5.02 Å². The maximum absolute atomic E-state index is 12.5. The lowest BCUT2D eigenvalue weighted by atomic mass is 9.79. The molecule has 0 radical (unpaired) electrons. The molecule has 1 aliphatic rings. The van der Waals surface area contributed by atoms with E-state index in [-0.39, 0.29) is 12.5 Å². The SMILES string of the molecule is N#Cc1ccc(NC(=O)C2(CN)CCOCC2)c(Cl)c1. The van der Waals surface area contributed by atoms with Crippen LogP contribution in [0.1, 0.15) is 18.4 Å². The zero-order chi connectivity index (χ0) is 14.6. The molecule has 20 heavy (non-hydrogen) atoms. The molecule has 0 atom stereocenters. The Morgan fingerprint density at radius 3 is 2.75 bits per heavy atom. The molecule has 6 heteroatoms. The van der Waals surface area contributed by atoms with Crippen molar-refractivity contribution < 1.29 is 9.53 Å². The minimum atomic E-state index is -0.602. The summed E-state index contributed by atoms with van der Waals surface area (Å²) in [7, 11) is 0. The van der Waals surface area contributed by atoms with Gasteiger partial charge in [0.2, 0.25) is 5.91 Å². The number of nitriles is 1. The number of nitrogens with one attached hydrogen (secondary N) is 1. The summed E-state index contributed by atoms with van der Waals surface area (Å²) in [4.78, 5) is 12.5. The maximum atomic E-state index is 12.5. The lowest BCUT2D eigenvalue weighted by Gasteiger charge is -2.34. The van der Waals surface area contributed by atoms with E-state index in [1.807, 2.05) is 6.07 Å². The van der Waals surface area contributed by atoms with Gasteiger partial charge in [-0.2, -0.15) is 5.26 Å². The summed E-state index contributed by atoms with van der Waals surface area (Å²) >= 11 is 6.06. The Bertz CT molecular complexity index is 548. The van der Waals surface area contributed by atoms with Gasteiger partial charge in [-0.05, 0) is 31.0 Å².